The maximum Gasteiger partial charge on any atom is 0.229 e. The summed E-state index contributed by atoms with van der Waals surface area (Å²) in [6, 6.07) is 23.0. The molecule has 0 aliphatic rings. The van der Waals surface area contributed by atoms with Crippen LogP contribution in [-0.4, -0.2) is 32.4 Å². The lowest BCUT2D eigenvalue weighted by molar-refractivity contribution is 0.171. The molecule has 0 radical (unpaired) electrons. The Kier molecular flexibility index (Phi) is 7.90. The second kappa shape index (κ2) is 10.6. The van der Waals surface area contributed by atoms with Crippen LogP contribution in [0.5, 0.6) is 5.75 Å². The third kappa shape index (κ3) is 7.09. The molecular formula is C25H30N2O4S. The van der Waals surface area contributed by atoms with E-state index in [0.717, 1.165) is 28.5 Å². The fourth-order valence-corrected chi connectivity index (χ4v) is 3.77. The van der Waals surface area contributed by atoms with Gasteiger partial charge in [0.1, 0.15) is 12.4 Å². The van der Waals surface area contributed by atoms with Gasteiger partial charge in [-0.3, -0.25) is 4.72 Å². The quantitative estimate of drug-likeness (QED) is 0.424. The third-order valence-electron chi connectivity index (χ3n) is 4.86. The van der Waals surface area contributed by atoms with Crippen molar-refractivity contribution in [1.29, 1.82) is 0 Å². The van der Waals surface area contributed by atoms with Crippen LogP contribution in [0, 0.1) is 0 Å². The van der Waals surface area contributed by atoms with Gasteiger partial charge < -0.3 is 15.2 Å². The standard InChI is InChI=1S/C25H30N2O4S/c1-18(2)26-16-24(28)21-11-9-20(10-12-21)22-13-14-25(23(15-22)27-32(3,29)30)31-17-19-7-5-4-6-8-19/h4-15,18,24,26-28H,16-17H2,1-3H3/t24-/m0/s1. The number of aliphatic hydroxyl groups is 1. The molecule has 0 aromatic heterocycles. The second-order valence-corrected chi connectivity index (χ2v) is 9.81. The summed E-state index contributed by atoms with van der Waals surface area (Å²) in [6.07, 6.45) is 0.518. The average molecular weight is 455 g/mol. The predicted octanol–water partition coefficient (Wildman–Crippen LogP) is 4.34. The highest BCUT2D eigenvalue weighted by atomic mass is 32.2. The zero-order valence-corrected chi connectivity index (χ0v) is 19.4. The largest absolute Gasteiger partial charge is 0.487 e. The highest BCUT2D eigenvalue weighted by Crippen LogP contribution is 2.32. The van der Waals surface area contributed by atoms with E-state index in [2.05, 4.69) is 10.0 Å². The van der Waals surface area contributed by atoms with Crippen LogP contribution in [0.3, 0.4) is 0 Å². The predicted molar refractivity (Wildman–Crippen MR) is 129 cm³/mol. The molecule has 0 unspecified atom stereocenters. The number of hydrogen-bond donors (Lipinski definition) is 3. The van der Waals surface area contributed by atoms with E-state index in [1.54, 1.807) is 12.1 Å². The summed E-state index contributed by atoms with van der Waals surface area (Å²) in [5, 5.41) is 13.6. The summed E-state index contributed by atoms with van der Waals surface area (Å²) < 4.78 is 32.2. The molecule has 6 nitrogen and oxygen atoms in total. The lowest BCUT2D eigenvalue weighted by Gasteiger charge is -2.16. The second-order valence-electron chi connectivity index (χ2n) is 8.06. The smallest absolute Gasteiger partial charge is 0.229 e. The number of rotatable bonds is 10. The van der Waals surface area contributed by atoms with E-state index in [0.29, 0.717) is 30.6 Å². The number of hydrogen-bond acceptors (Lipinski definition) is 5. The van der Waals surface area contributed by atoms with Gasteiger partial charge in [0.25, 0.3) is 0 Å². The molecule has 3 N–H and O–H groups in total. The third-order valence-corrected chi connectivity index (χ3v) is 5.45. The minimum Gasteiger partial charge on any atom is -0.487 e. The van der Waals surface area contributed by atoms with Crippen LogP contribution in [0.25, 0.3) is 11.1 Å². The monoisotopic (exact) mass is 454 g/mol. The Hall–Kier alpha value is -2.87. The first-order valence-electron chi connectivity index (χ1n) is 10.5. The first-order valence-corrected chi connectivity index (χ1v) is 12.4. The minimum atomic E-state index is -3.48. The van der Waals surface area contributed by atoms with Crippen LogP contribution >= 0.6 is 0 Å². The Labute approximate surface area is 190 Å². The minimum absolute atomic E-state index is 0.298. The van der Waals surface area contributed by atoms with Gasteiger partial charge in [-0.05, 0) is 34.4 Å². The van der Waals surface area contributed by atoms with Crippen molar-refractivity contribution in [2.75, 3.05) is 17.5 Å². The molecule has 0 spiro atoms. The Morgan fingerprint density at radius 2 is 1.59 bits per heavy atom. The van der Waals surface area contributed by atoms with Crippen LogP contribution in [0.2, 0.25) is 0 Å². The van der Waals surface area contributed by atoms with E-state index in [1.807, 2.05) is 74.5 Å². The summed E-state index contributed by atoms with van der Waals surface area (Å²) in [5.41, 5.74) is 3.93. The van der Waals surface area contributed by atoms with Crippen LogP contribution < -0.4 is 14.8 Å². The summed E-state index contributed by atoms with van der Waals surface area (Å²) in [6.45, 7) is 4.87. The summed E-state index contributed by atoms with van der Waals surface area (Å²) in [5.74, 6) is 0.454. The molecular weight excluding hydrogens is 424 g/mol. The van der Waals surface area contributed by atoms with Crippen molar-refractivity contribution in [3.05, 3.63) is 83.9 Å². The van der Waals surface area contributed by atoms with Gasteiger partial charge in [0.2, 0.25) is 10.0 Å². The van der Waals surface area contributed by atoms with Gasteiger partial charge in [0, 0.05) is 12.6 Å². The highest BCUT2D eigenvalue weighted by Gasteiger charge is 2.13. The molecule has 0 saturated heterocycles. The van der Waals surface area contributed by atoms with Gasteiger partial charge in [-0.25, -0.2) is 8.42 Å². The molecule has 0 amide bonds. The molecule has 0 heterocycles. The molecule has 170 valence electrons. The van der Waals surface area contributed by atoms with E-state index in [4.69, 9.17) is 4.74 Å². The first kappa shape index (κ1) is 23.8. The van der Waals surface area contributed by atoms with Gasteiger partial charge >= 0.3 is 0 Å². The van der Waals surface area contributed by atoms with Gasteiger partial charge in [0.05, 0.1) is 18.0 Å². The Morgan fingerprint density at radius 3 is 2.22 bits per heavy atom. The van der Waals surface area contributed by atoms with Gasteiger partial charge in [0.15, 0.2) is 0 Å². The average Bonchev–Trinajstić information content (AvgIpc) is 2.76. The van der Waals surface area contributed by atoms with Crippen LogP contribution in [-0.2, 0) is 16.6 Å². The molecule has 0 fully saturated rings. The molecule has 3 aromatic rings. The summed E-state index contributed by atoms with van der Waals surface area (Å²) in [7, 11) is -3.48. The summed E-state index contributed by atoms with van der Waals surface area (Å²) >= 11 is 0. The number of nitrogens with one attached hydrogen (secondary N) is 2. The lowest BCUT2D eigenvalue weighted by atomic mass is 10.0. The normalized spacial score (nSPS) is 12.5. The van der Waals surface area contributed by atoms with Crippen molar-refractivity contribution in [3.63, 3.8) is 0 Å². The topological polar surface area (TPSA) is 87.7 Å². The molecule has 0 aliphatic carbocycles. The van der Waals surface area contributed by atoms with E-state index < -0.39 is 16.1 Å². The molecule has 0 saturated carbocycles. The van der Waals surface area contributed by atoms with Crippen LogP contribution in [0.4, 0.5) is 5.69 Å². The fourth-order valence-electron chi connectivity index (χ4n) is 3.21. The first-order chi connectivity index (χ1) is 15.2. The summed E-state index contributed by atoms with van der Waals surface area (Å²) in [4.78, 5) is 0. The van der Waals surface area contributed by atoms with E-state index in [9.17, 15) is 13.5 Å². The van der Waals surface area contributed by atoms with Gasteiger partial charge in [-0.2, -0.15) is 0 Å². The molecule has 3 aromatic carbocycles. The van der Waals surface area contributed by atoms with Crippen molar-refractivity contribution >= 4 is 15.7 Å². The maximum atomic E-state index is 11.9. The maximum absolute atomic E-state index is 11.9. The van der Waals surface area contributed by atoms with Crippen LogP contribution in [0.1, 0.15) is 31.1 Å². The van der Waals surface area contributed by atoms with E-state index >= 15 is 0 Å². The fraction of sp³-hybridized carbons (Fsp3) is 0.280. The molecule has 3 rings (SSSR count). The van der Waals surface area contributed by atoms with E-state index in [-0.39, 0.29) is 0 Å². The van der Waals surface area contributed by atoms with Crippen LogP contribution in [0.15, 0.2) is 72.8 Å². The lowest BCUT2D eigenvalue weighted by Crippen LogP contribution is -2.27. The molecule has 0 bridgehead atoms. The van der Waals surface area contributed by atoms with Crippen molar-refractivity contribution in [2.45, 2.75) is 32.6 Å². The SMILES string of the molecule is CC(C)NC[C@H](O)c1ccc(-c2ccc(OCc3ccccc3)c(NS(C)(=O)=O)c2)cc1. The zero-order chi connectivity index (χ0) is 23.1. The van der Waals surface area contributed by atoms with Crippen molar-refractivity contribution < 1.29 is 18.3 Å². The van der Waals surface area contributed by atoms with Gasteiger partial charge in [-0.1, -0.05) is 74.5 Å². The van der Waals surface area contributed by atoms with Crippen molar-refractivity contribution in [3.8, 4) is 16.9 Å². The van der Waals surface area contributed by atoms with Crippen molar-refractivity contribution in [1.82, 2.24) is 5.32 Å². The van der Waals surface area contributed by atoms with Crippen molar-refractivity contribution in [2.24, 2.45) is 0 Å². The molecule has 1 atom stereocenters. The Morgan fingerprint density at radius 1 is 0.938 bits per heavy atom. The van der Waals surface area contributed by atoms with Gasteiger partial charge in [-0.15, -0.1) is 0 Å². The zero-order valence-electron chi connectivity index (χ0n) is 18.6. The van der Waals surface area contributed by atoms with E-state index in [1.165, 1.54) is 0 Å². The molecule has 7 heteroatoms. The number of anilines is 1. The Balaban J connectivity index is 1.81. The molecule has 32 heavy (non-hydrogen) atoms. The number of benzene rings is 3. The number of ether oxygens (including phenoxy) is 1. The molecule has 0 aliphatic heterocycles. The number of sulfonamides is 1. The highest BCUT2D eigenvalue weighted by molar-refractivity contribution is 7.92. The number of aliphatic hydroxyl groups excluding tert-OH is 1. The Bertz CT molecular complexity index is 1110.